The Bertz CT molecular complexity index is 798. The zero-order chi connectivity index (χ0) is 14.1. The van der Waals surface area contributed by atoms with Gasteiger partial charge in [0.05, 0.1) is 22.3 Å². The van der Waals surface area contributed by atoms with Gasteiger partial charge >= 0.3 is 5.97 Å². The number of anilines is 2. The maximum atomic E-state index is 10.9. The third-order valence-corrected chi connectivity index (χ3v) is 3.55. The second-order valence-electron chi connectivity index (χ2n) is 4.23. The van der Waals surface area contributed by atoms with Gasteiger partial charge in [0.25, 0.3) is 0 Å². The molecule has 0 radical (unpaired) electrons. The first-order chi connectivity index (χ1) is 9.63. The quantitative estimate of drug-likeness (QED) is 0.682. The molecular weight excluding hydrogens is 322 g/mol. The summed E-state index contributed by atoms with van der Waals surface area (Å²) in [6.45, 7) is 0. The van der Waals surface area contributed by atoms with E-state index in [1.54, 1.807) is 18.2 Å². The van der Waals surface area contributed by atoms with Crippen molar-refractivity contribution in [3.8, 4) is 0 Å². The topological polar surface area (TPSA) is 78.0 Å². The maximum Gasteiger partial charge on any atom is 0.335 e. The minimum absolute atomic E-state index is 0.219. The highest BCUT2D eigenvalue weighted by atomic mass is 79.9. The Morgan fingerprint density at radius 1 is 1.25 bits per heavy atom. The minimum Gasteiger partial charge on any atom is -0.478 e. The molecule has 0 saturated heterocycles. The maximum absolute atomic E-state index is 10.9. The van der Waals surface area contributed by atoms with E-state index in [0.717, 1.165) is 15.7 Å². The van der Waals surface area contributed by atoms with Gasteiger partial charge < -0.3 is 15.4 Å². The van der Waals surface area contributed by atoms with Crippen LogP contribution in [0.4, 0.5) is 11.6 Å². The molecule has 20 heavy (non-hydrogen) atoms. The number of imidazole rings is 1. The molecule has 3 N–H and O–H groups in total. The molecule has 0 unspecified atom stereocenters. The van der Waals surface area contributed by atoms with Crippen LogP contribution in [0.15, 0.2) is 46.9 Å². The fraction of sp³-hybridized carbons (Fsp3) is 0. The number of hydrogen-bond acceptors (Lipinski definition) is 3. The standard InChI is InChI=1S/C14H10BrN3O2/c15-9-3-1-2-4-10(9)16-14-17-11-6-5-8(13(19)20)7-12(11)18-14/h1-7H,(H,19,20)(H2,16,17,18). The van der Waals surface area contributed by atoms with Gasteiger partial charge in [-0.25, -0.2) is 9.78 Å². The average Bonchev–Trinajstić information content (AvgIpc) is 2.82. The van der Waals surface area contributed by atoms with Crippen molar-refractivity contribution in [3.63, 3.8) is 0 Å². The zero-order valence-electron chi connectivity index (χ0n) is 10.2. The number of benzene rings is 2. The summed E-state index contributed by atoms with van der Waals surface area (Å²) in [5.41, 5.74) is 2.49. The van der Waals surface area contributed by atoms with Gasteiger partial charge in [-0.3, -0.25) is 0 Å². The molecule has 0 saturated carbocycles. The molecule has 0 aliphatic carbocycles. The minimum atomic E-state index is -0.963. The van der Waals surface area contributed by atoms with Crippen LogP contribution in [0.1, 0.15) is 10.4 Å². The number of halogens is 1. The number of nitrogens with zero attached hydrogens (tertiary/aromatic N) is 1. The van der Waals surface area contributed by atoms with E-state index in [2.05, 4.69) is 31.2 Å². The Morgan fingerprint density at radius 2 is 2.05 bits per heavy atom. The van der Waals surface area contributed by atoms with Gasteiger partial charge in [-0.2, -0.15) is 0 Å². The number of nitrogens with one attached hydrogen (secondary N) is 2. The van der Waals surface area contributed by atoms with Crippen LogP contribution in [0.25, 0.3) is 11.0 Å². The molecule has 0 amide bonds. The fourth-order valence-corrected chi connectivity index (χ4v) is 2.27. The summed E-state index contributed by atoms with van der Waals surface area (Å²) in [5.74, 6) is -0.398. The zero-order valence-corrected chi connectivity index (χ0v) is 11.8. The Kier molecular flexibility index (Phi) is 3.15. The average molecular weight is 332 g/mol. The summed E-state index contributed by atoms with van der Waals surface area (Å²) in [4.78, 5) is 18.4. The normalized spacial score (nSPS) is 10.7. The first kappa shape index (κ1) is 12.7. The van der Waals surface area contributed by atoms with Gasteiger partial charge in [-0.05, 0) is 46.3 Å². The van der Waals surface area contributed by atoms with Gasteiger partial charge in [0, 0.05) is 4.47 Å². The summed E-state index contributed by atoms with van der Waals surface area (Å²) in [6.07, 6.45) is 0. The predicted octanol–water partition coefficient (Wildman–Crippen LogP) is 3.77. The first-order valence-corrected chi connectivity index (χ1v) is 6.67. The summed E-state index contributed by atoms with van der Waals surface area (Å²) in [7, 11) is 0. The number of carboxylic acid groups (broad SMARTS) is 1. The van der Waals surface area contributed by atoms with Crippen molar-refractivity contribution < 1.29 is 9.90 Å². The Morgan fingerprint density at radius 3 is 2.80 bits per heavy atom. The Balaban J connectivity index is 1.97. The van der Waals surface area contributed by atoms with Gasteiger partial charge in [-0.15, -0.1) is 0 Å². The molecular formula is C14H10BrN3O2. The lowest BCUT2D eigenvalue weighted by atomic mass is 10.2. The summed E-state index contributed by atoms with van der Waals surface area (Å²) in [5, 5.41) is 12.1. The van der Waals surface area contributed by atoms with Crippen LogP contribution in [0.2, 0.25) is 0 Å². The number of rotatable bonds is 3. The summed E-state index contributed by atoms with van der Waals surface area (Å²) >= 11 is 3.45. The number of aromatic carboxylic acids is 1. The third kappa shape index (κ3) is 2.37. The second-order valence-corrected chi connectivity index (χ2v) is 5.08. The third-order valence-electron chi connectivity index (χ3n) is 2.86. The molecule has 5 nitrogen and oxygen atoms in total. The Hall–Kier alpha value is -2.34. The van der Waals surface area contributed by atoms with Crippen LogP contribution in [-0.4, -0.2) is 21.0 Å². The number of carbonyl (C=O) groups is 1. The lowest BCUT2D eigenvalue weighted by molar-refractivity contribution is 0.0697. The monoisotopic (exact) mass is 331 g/mol. The van der Waals surface area contributed by atoms with Crippen molar-refractivity contribution in [1.82, 2.24) is 9.97 Å². The molecule has 0 aliphatic heterocycles. The highest BCUT2D eigenvalue weighted by Crippen LogP contribution is 2.25. The van der Waals surface area contributed by atoms with E-state index in [1.807, 2.05) is 24.3 Å². The molecule has 1 aromatic heterocycles. The molecule has 1 heterocycles. The van der Waals surface area contributed by atoms with Crippen molar-refractivity contribution in [2.24, 2.45) is 0 Å². The van der Waals surface area contributed by atoms with Crippen molar-refractivity contribution in [1.29, 1.82) is 0 Å². The van der Waals surface area contributed by atoms with E-state index < -0.39 is 5.97 Å². The molecule has 0 aliphatic rings. The van der Waals surface area contributed by atoms with Gasteiger partial charge in [0.15, 0.2) is 0 Å². The molecule has 0 spiro atoms. The molecule has 0 bridgehead atoms. The summed E-state index contributed by atoms with van der Waals surface area (Å²) in [6, 6.07) is 12.5. The molecule has 100 valence electrons. The van der Waals surface area contributed by atoms with E-state index in [9.17, 15) is 4.79 Å². The van der Waals surface area contributed by atoms with Gasteiger partial charge in [0.1, 0.15) is 0 Å². The lowest BCUT2D eigenvalue weighted by Gasteiger charge is -2.04. The highest BCUT2D eigenvalue weighted by molar-refractivity contribution is 9.10. The van der Waals surface area contributed by atoms with Gasteiger partial charge in [-0.1, -0.05) is 12.1 Å². The van der Waals surface area contributed by atoms with Crippen molar-refractivity contribution in [3.05, 3.63) is 52.5 Å². The number of aromatic amines is 1. The number of para-hydroxylation sites is 1. The molecule has 3 aromatic rings. The van der Waals surface area contributed by atoms with Crippen molar-refractivity contribution in [2.45, 2.75) is 0 Å². The number of carboxylic acids is 1. The van der Waals surface area contributed by atoms with E-state index in [0.29, 0.717) is 11.5 Å². The van der Waals surface area contributed by atoms with Gasteiger partial charge in [0.2, 0.25) is 5.95 Å². The molecule has 2 aromatic carbocycles. The summed E-state index contributed by atoms with van der Waals surface area (Å²) < 4.78 is 0.923. The number of fused-ring (bicyclic) bond motifs is 1. The first-order valence-electron chi connectivity index (χ1n) is 5.88. The van der Waals surface area contributed by atoms with Crippen LogP contribution in [0.3, 0.4) is 0 Å². The van der Waals surface area contributed by atoms with E-state index >= 15 is 0 Å². The predicted molar refractivity (Wildman–Crippen MR) is 80.5 cm³/mol. The van der Waals surface area contributed by atoms with Crippen LogP contribution in [-0.2, 0) is 0 Å². The van der Waals surface area contributed by atoms with Crippen LogP contribution < -0.4 is 5.32 Å². The van der Waals surface area contributed by atoms with Crippen molar-refractivity contribution in [2.75, 3.05) is 5.32 Å². The lowest BCUT2D eigenvalue weighted by Crippen LogP contribution is -1.94. The number of hydrogen-bond donors (Lipinski definition) is 3. The van der Waals surface area contributed by atoms with Crippen LogP contribution in [0.5, 0.6) is 0 Å². The molecule has 3 rings (SSSR count). The van der Waals surface area contributed by atoms with Crippen LogP contribution >= 0.6 is 15.9 Å². The fourth-order valence-electron chi connectivity index (χ4n) is 1.89. The number of aromatic nitrogens is 2. The van der Waals surface area contributed by atoms with E-state index in [-0.39, 0.29) is 5.56 Å². The van der Waals surface area contributed by atoms with Crippen molar-refractivity contribution >= 4 is 44.6 Å². The van der Waals surface area contributed by atoms with Crippen LogP contribution in [0, 0.1) is 0 Å². The SMILES string of the molecule is O=C(O)c1ccc2[nH]c(Nc3ccccc3Br)nc2c1. The largest absolute Gasteiger partial charge is 0.478 e. The second kappa shape index (κ2) is 4.97. The molecule has 6 heteroatoms. The smallest absolute Gasteiger partial charge is 0.335 e. The van der Waals surface area contributed by atoms with E-state index in [1.165, 1.54) is 0 Å². The van der Waals surface area contributed by atoms with E-state index in [4.69, 9.17) is 5.11 Å². The number of H-pyrrole nitrogens is 1. The molecule has 0 atom stereocenters. The highest BCUT2D eigenvalue weighted by Gasteiger charge is 2.08. The molecule has 0 fully saturated rings. The Labute approximate surface area is 122 Å².